The standard InChI is InChI=1S/C16H10F10/c1-5(17)7-3-4-8(6(2)18)10-9(7)13(19)11(15(21,22)23)12(14(10)20)16(24,25)26/h3-6H,1-2H3. The van der Waals surface area contributed by atoms with E-state index in [1.807, 2.05) is 0 Å². The summed E-state index contributed by atoms with van der Waals surface area (Å²) in [5, 5.41) is -2.72. The average molecular weight is 392 g/mol. The molecule has 2 unspecified atom stereocenters. The lowest BCUT2D eigenvalue weighted by molar-refractivity contribution is -0.165. The van der Waals surface area contributed by atoms with Crippen LogP contribution in [0.25, 0.3) is 10.8 Å². The van der Waals surface area contributed by atoms with Gasteiger partial charge in [0.05, 0.1) is 0 Å². The molecule has 0 spiro atoms. The first-order valence-electron chi connectivity index (χ1n) is 7.09. The molecule has 0 aliphatic carbocycles. The topological polar surface area (TPSA) is 0 Å². The summed E-state index contributed by atoms with van der Waals surface area (Å²) >= 11 is 0. The Hall–Kier alpha value is -2.00. The van der Waals surface area contributed by atoms with Crippen LogP contribution in [0.2, 0.25) is 0 Å². The Labute approximate surface area is 140 Å². The first-order chi connectivity index (χ1) is 11.7. The number of hydrogen-bond acceptors (Lipinski definition) is 0. The Morgan fingerprint density at radius 1 is 0.654 bits per heavy atom. The first kappa shape index (κ1) is 20.3. The predicted octanol–water partition coefficient (Wildman–Crippen LogP) is 7.22. The van der Waals surface area contributed by atoms with Gasteiger partial charge in [-0.25, -0.2) is 17.6 Å². The molecule has 0 aliphatic heterocycles. The summed E-state index contributed by atoms with van der Waals surface area (Å²) in [6.45, 7) is 1.55. The summed E-state index contributed by atoms with van der Waals surface area (Å²) in [4.78, 5) is 0. The molecule has 0 aromatic heterocycles. The molecule has 2 aromatic carbocycles. The van der Waals surface area contributed by atoms with Crippen LogP contribution in [-0.2, 0) is 12.4 Å². The zero-order chi connectivity index (χ0) is 20.2. The Morgan fingerprint density at radius 3 is 1.12 bits per heavy atom. The second-order valence-corrected chi connectivity index (χ2v) is 5.60. The highest BCUT2D eigenvalue weighted by Crippen LogP contribution is 2.48. The van der Waals surface area contributed by atoms with Crippen LogP contribution in [0.5, 0.6) is 0 Å². The van der Waals surface area contributed by atoms with Crippen molar-refractivity contribution in [3.8, 4) is 0 Å². The predicted molar refractivity (Wildman–Crippen MR) is 72.9 cm³/mol. The van der Waals surface area contributed by atoms with Crippen LogP contribution in [0.3, 0.4) is 0 Å². The summed E-state index contributed by atoms with van der Waals surface area (Å²) in [5.41, 5.74) is -7.44. The molecule has 0 saturated heterocycles. The van der Waals surface area contributed by atoms with Gasteiger partial charge in [-0.3, -0.25) is 0 Å². The SMILES string of the molecule is CC(F)c1ccc(C(C)F)c2c(F)c(C(F)(F)F)c(C(F)(F)F)c(F)c12. The third kappa shape index (κ3) is 3.21. The highest BCUT2D eigenvalue weighted by Gasteiger charge is 2.49. The maximum atomic E-state index is 14.5. The molecule has 2 rings (SSSR count). The van der Waals surface area contributed by atoms with E-state index < -0.39 is 69.4 Å². The van der Waals surface area contributed by atoms with E-state index in [4.69, 9.17) is 0 Å². The molecule has 0 heterocycles. The van der Waals surface area contributed by atoms with Crippen molar-refractivity contribution >= 4 is 10.8 Å². The lowest BCUT2D eigenvalue weighted by atomic mass is 9.90. The van der Waals surface area contributed by atoms with Crippen LogP contribution in [0.4, 0.5) is 43.9 Å². The summed E-state index contributed by atoms with van der Waals surface area (Å²) in [6.07, 6.45) is -16.1. The summed E-state index contributed by atoms with van der Waals surface area (Å²) in [6, 6.07) is 1.43. The van der Waals surface area contributed by atoms with Gasteiger partial charge in [-0.2, -0.15) is 26.3 Å². The highest BCUT2D eigenvalue weighted by molar-refractivity contribution is 5.92. The molecule has 0 nitrogen and oxygen atoms in total. The van der Waals surface area contributed by atoms with Crippen molar-refractivity contribution in [2.75, 3.05) is 0 Å². The lowest BCUT2D eigenvalue weighted by Gasteiger charge is -2.22. The molecule has 0 aliphatic rings. The molecule has 0 radical (unpaired) electrons. The first-order valence-corrected chi connectivity index (χ1v) is 7.09. The molecule has 10 heteroatoms. The van der Waals surface area contributed by atoms with Crippen molar-refractivity contribution in [2.24, 2.45) is 0 Å². The van der Waals surface area contributed by atoms with E-state index in [9.17, 15) is 43.9 Å². The lowest BCUT2D eigenvalue weighted by Crippen LogP contribution is -2.22. The van der Waals surface area contributed by atoms with Gasteiger partial charge in [0.15, 0.2) is 0 Å². The number of benzene rings is 2. The molecule has 0 amide bonds. The third-order valence-electron chi connectivity index (χ3n) is 3.82. The summed E-state index contributed by atoms with van der Waals surface area (Å²) in [5.74, 6) is -4.99. The van der Waals surface area contributed by atoms with Crippen molar-refractivity contribution in [1.82, 2.24) is 0 Å². The Kier molecular flexibility index (Phi) is 4.93. The molecule has 0 N–H and O–H groups in total. The van der Waals surface area contributed by atoms with Gasteiger partial charge < -0.3 is 0 Å². The van der Waals surface area contributed by atoms with E-state index in [1.54, 1.807) is 0 Å². The van der Waals surface area contributed by atoms with Gasteiger partial charge in [-0.1, -0.05) is 12.1 Å². The monoisotopic (exact) mass is 392 g/mol. The highest BCUT2D eigenvalue weighted by atomic mass is 19.4. The normalized spacial score (nSPS) is 15.4. The number of halogens is 10. The van der Waals surface area contributed by atoms with E-state index in [0.29, 0.717) is 12.1 Å². The van der Waals surface area contributed by atoms with E-state index in [1.165, 1.54) is 0 Å². The van der Waals surface area contributed by atoms with E-state index in [-0.39, 0.29) is 0 Å². The van der Waals surface area contributed by atoms with Crippen LogP contribution < -0.4 is 0 Å². The van der Waals surface area contributed by atoms with Crippen LogP contribution >= 0.6 is 0 Å². The van der Waals surface area contributed by atoms with Crippen LogP contribution in [0, 0.1) is 11.6 Å². The molecule has 0 fully saturated rings. The van der Waals surface area contributed by atoms with E-state index in [0.717, 1.165) is 13.8 Å². The van der Waals surface area contributed by atoms with Gasteiger partial charge in [0.1, 0.15) is 35.1 Å². The second-order valence-electron chi connectivity index (χ2n) is 5.60. The van der Waals surface area contributed by atoms with Gasteiger partial charge >= 0.3 is 12.4 Å². The van der Waals surface area contributed by atoms with Crippen molar-refractivity contribution in [3.05, 3.63) is 46.0 Å². The molecular weight excluding hydrogens is 382 g/mol. The van der Waals surface area contributed by atoms with Crippen molar-refractivity contribution < 1.29 is 43.9 Å². The molecule has 2 atom stereocenters. The molecule has 0 saturated carbocycles. The fourth-order valence-corrected chi connectivity index (χ4v) is 2.77. The zero-order valence-corrected chi connectivity index (χ0v) is 13.1. The average Bonchev–Trinajstić information content (AvgIpc) is 2.46. The number of fused-ring (bicyclic) bond motifs is 1. The third-order valence-corrected chi connectivity index (χ3v) is 3.82. The molecule has 0 bridgehead atoms. The van der Waals surface area contributed by atoms with Gasteiger partial charge in [-0.05, 0) is 25.0 Å². The summed E-state index contributed by atoms with van der Waals surface area (Å²) < 4.78 is 135. The second kappa shape index (κ2) is 6.31. The van der Waals surface area contributed by atoms with Crippen molar-refractivity contribution in [2.45, 2.75) is 38.5 Å². The molecule has 26 heavy (non-hydrogen) atoms. The van der Waals surface area contributed by atoms with Gasteiger partial charge in [0, 0.05) is 10.8 Å². The van der Waals surface area contributed by atoms with Crippen molar-refractivity contribution in [3.63, 3.8) is 0 Å². The summed E-state index contributed by atoms with van der Waals surface area (Å²) in [7, 11) is 0. The minimum atomic E-state index is -5.92. The van der Waals surface area contributed by atoms with Crippen LogP contribution in [0.15, 0.2) is 12.1 Å². The number of hydrogen-bond donors (Lipinski definition) is 0. The van der Waals surface area contributed by atoms with E-state index >= 15 is 0 Å². The van der Waals surface area contributed by atoms with E-state index in [2.05, 4.69) is 0 Å². The van der Waals surface area contributed by atoms with Crippen LogP contribution in [-0.4, -0.2) is 0 Å². The van der Waals surface area contributed by atoms with Gasteiger partial charge in [-0.15, -0.1) is 0 Å². The van der Waals surface area contributed by atoms with Crippen LogP contribution in [0.1, 0.15) is 48.4 Å². The fourth-order valence-electron chi connectivity index (χ4n) is 2.77. The Bertz CT molecular complexity index is 773. The maximum absolute atomic E-state index is 14.5. The fraction of sp³-hybridized carbons (Fsp3) is 0.375. The van der Waals surface area contributed by atoms with Gasteiger partial charge in [0.2, 0.25) is 0 Å². The minimum absolute atomic E-state index is 0.717. The number of alkyl halides is 8. The van der Waals surface area contributed by atoms with Crippen molar-refractivity contribution in [1.29, 1.82) is 0 Å². The largest absolute Gasteiger partial charge is 0.419 e. The zero-order valence-electron chi connectivity index (χ0n) is 13.1. The molecule has 144 valence electrons. The Morgan fingerprint density at radius 2 is 0.923 bits per heavy atom. The van der Waals surface area contributed by atoms with Gasteiger partial charge in [0.25, 0.3) is 0 Å². The smallest absolute Gasteiger partial charge is 0.243 e. The number of rotatable bonds is 2. The quantitative estimate of drug-likeness (QED) is 0.474. The molecule has 2 aromatic rings. The Balaban J connectivity index is 3.25. The maximum Gasteiger partial charge on any atom is 0.419 e. The molecular formula is C16H10F10. The minimum Gasteiger partial charge on any atom is -0.243 e.